The van der Waals surface area contributed by atoms with Gasteiger partial charge in [-0.3, -0.25) is 0 Å². The van der Waals surface area contributed by atoms with Crippen LogP contribution >= 0.6 is 0 Å². The van der Waals surface area contributed by atoms with Crippen molar-refractivity contribution in [1.29, 1.82) is 0 Å². The number of anilines is 1. The highest BCUT2D eigenvalue weighted by Crippen LogP contribution is 2.21. The quantitative estimate of drug-likeness (QED) is 0.692. The summed E-state index contributed by atoms with van der Waals surface area (Å²) < 4.78 is 11.2. The molecule has 5 nitrogen and oxygen atoms in total. The first-order chi connectivity index (χ1) is 12.9. The van der Waals surface area contributed by atoms with Gasteiger partial charge in [0.05, 0.1) is 6.54 Å². The lowest BCUT2D eigenvalue weighted by molar-refractivity contribution is 0.0584. The molecule has 0 saturated heterocycles. The largest absolute Gasteiger partial charge is 0.489 e. The Labute approximate surface area is 162 Å². The molecule has 0 atom stereocenters. The average molecular weight is 368 g/mol. The number of hydrogen-bond acceptors (Lipinski definition) is 4. The van der Waals surface area contributed by atoms with Gasteiger partial charge in [0.25, 0.3) is 0 Å². The van der Waals surface area contributed by atoms with Gasteiger partial charge < -0.3 is 9.47 Å². The summed E-state index contributed by atoms with van der Waals surface area (Å²) in [6, 6.07) is 13.2. The van der Waals surface area contributed by atoms with Crippen LogP contribution in [0.3, 0.4) is 0 Å². The topological polar surface area (TPSA) is 51.7 Å². The predicted octanol–water partition coefficient (Wildman–Crippen LogP) is 5.06. The molecular formula is C22H28N2O3. The molecule has 0 aliphatic carbocycles. The summed E-state index contributed by atoms with van der Waals surface area (Å²) in [4.78, 5) is 17.9. The SMILES string of the molecule is C#CCN(C(=O)OC(C)(C)C)c1cc(OCc2ccccc2)ccn1.CC. The van der Waals surface area contributed by atoms with Crippen LogP contribution in [0.2, 0.25) is 0 Å². The molecule has 0 aliphatic heterocycles. The number of nitrogens with zero attached hydrogens (tertiary/aromatic N) is 2. The summed E-state index contributed by atoms with van der Waals surface area (Å²) in [6.07, 6.45) is 6.41. The first-order valence-electron chi connectivity index (χ1n) is 8.96. The van der Waals surface area contributed by atoms with E-state index < -0.39 is 11.7 Å². The number of terminal acetylenes is 1. The zero-order valence-corrected chi connectivity index (χ0v) is 16.7. The van der Waals surface area contributed by atoms with Crippen LogP contribution in [0.4, 0.5) is 10.6 Å². The van der Waals surface area contributed by atoms with Crippen LogP contribution in [0, 0.1) is 12.3 Å². The Hall–Kier alpha value is -3.00. The maximum atomic E-state index is 12.4. The fourth-order valence-corrected chi connectivity index (χ4v) is 2.03. The minimum atomic E-state index is -0.620. The van der Waals surface area contributed by atoms with Gasteiger partial charge in [-0.05, 0) is 32.4 Å². The van der Waals surface area contributed by atoms with Crippen molar-refractivity contribution >= 4 is 11.9 Å². The first-order valence-corrected chi connectivity index (χ1v) is 8.96. The summed E-state index contributed by atoms with van der Waals surface area (Å²) in [6.45, 7) is 9.87. The Kier molecular flexibility index (Phi) is 8.87. The second kappa shape index (κ2) is 10.9. The monoisotopic (exact) mass is 368 g/mol. The van der Waals surface area contributed by atoms with E-state index in [0.29, 0.717) is 18.2 Å². The van der Waals surface area contributed by atoms with Crippen molar-refractivity contribution in [3.05, 3.63) is 54.2 Å². The van der Waals surface area contributed by atoms with Crippen LogP contribution in [0.15, 0.2) is 48.7 Å². The molecule has 0 radical (unpaired) electrons. The molecule has 1 amide bonds. The van der Waals surface area contributed by atoms with Crippen molar-refractivity contribution in [3.8, 4) is 18.1 Å². The smallest absolute Gasteiger partial charge is 0.416 e. The molecule has 0 fully saturated rings. The van der Waals surface area contributed by atoms with Gasteiger partial charge in [0.15, 0.2) is 0 Å². The van der Waals surface area contributed by atoms with Gasteiger partial charge in [-0.1, -0.05) is 50.1 Å². The summed E-state index contributed by atoms with van der Waals surface area (Å²) >= 11 is 0. The highest BCUT2D eigenvalue weighted by Gasteiger charge is 2.24. The van der Waals surface area contributed by atoms with Gasteiger partial charge in [0.1, 0.15) is 23.8 Å². The van der Waals surface area contributed by atoms with E-state index in [2.05, 4.69) is 10.9 Å². The maximum Gasteiger partial charge on any atom is 0.416 e. The Morgan fingerprint density at radius 1 is 1.19 bits per heavy atom. The Balaban J connectivity index is 0.00000176. The number of aromatic nitrogens is 1. The molecule has 0 aliphatic rings. The number of pyridine rings is 1. The van der Waals surface area contributed by atoms with E-state index in [0.717, 1.165) is 5.56 Å². The van der Waals surface area contributed by atoms with Crippen LogP contribution in [0.5, 0.6) is 5.75 Å². The molecule has 1 aromatic heterocycles. The van der Waals surface area contributed by atoms with Gasteiger partial charge in [0, 0.05) is 12.3 Å². The van der Waals surface area contributed by atoms with Gasteiger partial charge in [-0.25, -0.2) is 14.7 Å². The molecule has 27 heavy (non-hydrogen) atoms. The lowest BCUT2D eigenvalue weighted by atomic mass is 10.2. The molecular weight excluding hydrogens is 340 g/mol. The Bertz CT molecular complexity index is 746. The van der Waals surface area contributed by atoms with Crippen molar-refractivity contribution in [2.24, 2.45) is 0 Å². The number of benzene rings is 1. The first kappa shape index (κ1) is 22.0. The third kappa shape index (κ3) is 7.83. The Morgan fingerprint density at radius 3 is 2.44 bits per heavy atom. The molecule has 2 rings (SSSR count). The van der Waals surface area contributed by atoms with Crippen molar-refractivity contribution in [2.75, 3.05) is 11.4 Å². The van der Waals surface area contributed by atoms with Crippen LogP contribution in [0.1, 0.15) is 40.2 Å². The molecule has 0 spiro atoms. The summed E-state index contributed by atoms with van der Waals surface area (Å²) in [7, 11) is 0. The number of carbonyl (C=O) groups is 1. The van der Waals surface area contributed by atoms with E-state index in [4.69, 9.17) is 15.9 Å². The summed E-state index contributed by atoms with van der Waals surface area (Å²) in [5.74, 6) is 3.44. The Morgan fingerprint density at radius 2 is 1.85 bits per heavy atom. The highest BCUT2D eigenvalue weighted by molar-refractivity contribution is 5.87. The number of hydrogen-bond donors (Lipinski definition) is 0. The van der Waals surface area contributed by atoms with Crippen LogP contribution in [0.25, 0.3) is 0 Å². The lowest BCUT2D eigenvalue weighted by Crippen LogP contribution is -2.37. The third-order valence-corrected chi connectivity index (χ3v) is 3.11. The molecule has 144 valence electrons. The fourth-order valence-electron chi connectivity index (χ4n) is 2.03. The zero-order chi connectivity index (χ0) is 20.3. The summed E-state index contributed by atoms with van der Waals surface area (Å²) in [5.41, 5.74) is 0.430. The van der Waals surface area contributed by atoms with E-state index in [9.17, 15) is 4.79 Å². The van der Waals surface area contributed by atoms with Crippen molar-refractivity contribution in [3.63, 3.8) is 0 Å². The van der Waals surface area contributed by atoms with E-state index in [1.807, 2.05) is 44.2 Å². The maximum absolute atomic E-state index is 12.4. The fraction of sp³-hybridized carbons (Fsp3) is 0.364. The lowest BCUT2D eigenvalue weighted by Gasteiger charge is -2.25. The predicted molar refractivity (Wildman–Crippen MR) is 109 cm³/mol. The number of carbonyl (C=O) groups excluding carboxylic acids is 1. The van der Waals surface area contributed by atoms with Crippen molar-refractivity contribution in [2.45, 2.75) is 46.8 Å². The molecule has 0 N–H and O–H groups in total. The van der Waals surface area contributed by atoms with Gasteiger partial charge in [-0.2, -0.15) is 0 Å². The summed E-state index contributed by atoms with van der Waals surface area (Å²) in [5, 5.41) is 0. The van der Waals surface area contributed by atoms with Crippen molar-refractivity contribution < 1.29 is 14.3 Å². The zero-order valence-electron chi connectivity index (χ0n) is 16.7. The normalized spacial score (nSPS) is 10.1. The number of amides is 1. The number of rotatable bonds is 5. The molecule has 0 unspecified atom stereocenters. The van der Waals surface area contributed by atoms with Gasteiger partial charge in [-0.15, -0.1) is 6.42 Å². The molecule has 2 aromatic rings. The highest BCUT2D eigenvalue weighted by atomic mass is 16.6. The van der Waals surface area contributed by atoms with Gasteiger partial charge in [0.2, 0.25) is 0 Å². The average Bonchev–Trinajstić information content (AvgIpc) is 2.65. The minimum Gasteiger partial charge on any atom is -0.489 e. The molecule has 5 heteroatoms. The molecule has 1 heterocycles. The molecule has 0 bridgehead atoms. The third-order valence-electron chi connectivity index (χ3n) is 3.11. The number of ether oxygens (including phenoxy) is 2. The molecule has 1 aromatic carbocycles. The van der Waals surface area contributed by atoms with Crippen LogP contribution < -0.4 is 9.64 Å². The van der Waals surface area contributed by atoms with Gasteiger partial charge >= 0.3 is 6.09 Å². The van der Waals surface area contributed by atoms with Crippen LogP contribution in [-0.2, 0) is 11.3 Å². The van der Waals surface area contributed by atoms with E-state index in [1.165, 1.54) is 4.90 Å². The second-order valence-corrected chi connectivity index (χ2v) is 6.39. The molecule has 0 saturated carbocycles. The van der Waals surface area contributed by atoms with E-state index in [-0.39, 0.29) is 6.54 Å². The van der Waals surface area contributed by atoms with E-state index in [1.54, 1.807) is 39.1 Å². The van der Waals surface area contributed by atoms with Crippen molar-refractivity contribution in [1.82, 2.24) is 4.98 Å². The standard InChI is InChI=1S/C20H22N2O3.C2H6/c1-5-13-22(19(23)25-20(2,3)4)18-14-17(11-12-21-18)24-15-16-9-7-6-8-10-16;1-2/h1,6-12,14H,13,15H2,2-4H3;1-2H3. The van der Waals surface area contributed by atoms with Crippen LogP contribution in [-0.4, -0.2) is 23.2 Å². The van der Waals surface area contributed by atoms with E-state index >= 15 is 0 Å². The second-order valence-electron chi connectivity index (χ2n) is 6.39. The minimum absolute atomic E-state index is 0.0596.